The van der Waals surface area contributed by atoms with E-state index < -0.39 is 0 Å². The molecule has 0 saturated carbocycles. The van der Waals surface area contributed by atoms with Crippen molar-refractivity contribution in [3.05, 3.63) is 107 Å². The first-order valence-electron chi connectivity index (χ1n) is 59.7. The van der Waals surface area contributed by atoms with Gasteiger partial charge in [0.15, 0.2) is 0 Å². The molecule has 0 amide bonds. The molecule has 0 atom stereocenters. The van der Waals surface area contributed by atoms with E-state index >= 15 is 0 Å². The van der Waals surface area contributed by atoms with Crippen molar-refractivity contribution in [1.29, 1.82) is 0 Å². The highest BCUT2D eigenvalue weighted by molar-refractivity contribution is 5.00. The van der Waals surface area contributed by atoms with E-state index in [0.29, 0.717) is 23.7 Å². The highest BCUT2D eigenvalue weighted by Crippen LogP contribution is 2.21. The minimum atomic E-state index is 0.635. The number of aryl methyl sites for hydroxylation is 14. The summed E-state index contributed by atoms with van der Waals surface area (Å²) in [5.74, 6) is 13.6. The molecule has 27 heteroatoms. The van der Waals surface area contributed by atoms with Gasteiger partial charge < -0.3 is 0 Å². The van der Waals surface area contributed by atoms with Gasteiger partial charge in [-0.05, 0) is 261 Å². The SMILES string of the molecule is CC(C)CCCCCn1cc(CC(C)C)nn1.CC(C)CCCCc1cn(CC(C)C)nn1.CC(C)CCCCc1cnnn1CC(C)C.CC(C)CCCCc1cnnn1CCC(C)C.CC(C)CCCCn1nncc1CC(C)C.CC(C)CCCCn1nncc1CCCC(C)C.CC(C)CCCc1cn(CCC(C)C)nn1.CC(C)CCCn1nncc1CCC(C)C.CC(C)CCc1cn(CCC(C)C)nn1. The lowest BCUT2D eigenvalue weighted by molar-refractivity contribution is 0.452. The monoisotopic (exact) mass is 2050 g/mol. The standard InChI is InChI=1S/C15H29N3.2C14H27N3.5C13H25N3.C12H23N3/c1-13(2)8-5-6-11-18-15(12-16-17-18)10-7-9-14(3)4;1-12(2)7-5-6-8-14-11-15-16-17(14)10-9-13(3)4;1-12(2)8-6-5-7-9-17-11-14(15-16-17)10-13(3)4;1-11(2)6-5-9-16-13(10-14-15-16)8-7-12(3)4;1-11(2)6-5-7-13-10-16(15-14-13)9-8-12(3)4;1-11(2)7-5-6-8-13-9-14-15-16(13)10-12(3)4;1-11(2)7-5-6-8-16-13(9-12(3)4)10-14-15-16;1-11(2)7-5-6-8-13-10-16(15-14-13)9-12(3)4;1-10(2)5-6-12-9-15(14-13-12)8-7-11(3)4/h12-14H,5-11H2,1-4H3;2*11-13H,5-10H2,1-4H3;2*10-12H,5-9H2,1-4H3;9,11-12H,5-8,10H2,1-4H3;2*10-12H,5-9H2,1-4H3;9-11H,5-8H2,1-4H3. The van der Waals surface area contributed by atoms with Gasteiger partial charge >= 0.3 is 0 Å². The second kappa shape index (κ2) is 84.8. The van der Waals surface area contributed by atoms with Gasteiger partial charge in [0.25, 0.3) is 0 Å². The highest BCUT2D eigenvalue weighted by Gasteiger charge is 2.15. The Morgan fingerprint density at radius 3 is 0.823 bits per heavy atom. The molecule has 0 N–H and O–H groups in total. The molecule has 9 aromatic rings. The molecule has 0 saturated heterocycles. The fourth-order valence-electron chi connectivity index (χ4n) is 16.3. The minimum absolute atomic E-state index is 0.635. The summed E-state index contributed by atoms with van der Waals surface area (Å²) in [5, 5.41) is 74.3. The van der Waals surface area contributed by atoms with Crippen LogP contribution in [0.4, 0.5) is 0 Å². The number of unbranched alkanes of at least 4 members (excludes halogenated alkanes) is 7. The van der Waals surface area contributed by atoms with Crippen LogP contribution in [0.3, 0.4) is 0 Å². The fraction of sp³-hybridized carbons (Fsp3) is 0.850. The lowest BCUT2D eigenvalue weighted by Crippen LogP contribution is -2.10. The van der Waals surface area contributed by atoms with Crippen LogP contribution in [0.15, 0.2) is 55.8 Å². The molecule has 9 aromatic heterocycles. The third kappa shape index (κ3) is 79.0. The molecule has 27 nitrogen and oxygen atoms in total. The second-order valence-electron chi connectivity index (χ2n) is 50.0. The van der Waals surface area contributed by atoms with Crippen LogP contribution in [0.2, 0.25) is 0 Å². The maximum Gasteiger partial charge on any atom is 0.0829 e. The van der Waals surface area contributed by atoms with Crippen molar-refractivity contribution in [2.24, 2.45) is 107 Å². The molecule has 846 valence electrons. The Bertz CT molecular complexity index is 4290. The van der Waals surface area contributed by atoms with Gasteiger partial charge in [0, 0.05) is 83.7 Å². The maximum atomic E-state index is 4.20. The molecular weight excluding hydrogens is 1820 g/mol. The van der Waals surface area contributed by atoms with Crippen molar-refractivity contribution in [1.82, 2.24) is 135 Å². The van der Waals surface area contributed by atoms with Crippen LogP contribution in [0.5, 0.6) is 0 Å². The third-order valence-corrected chi connectivity index (χ3v) is 25.3. The van der Waals surface area contributed by atoms with Gasteiger partial charge in [0.1, 0.15) is 0 Å². The number of nitrogens with zero attached hydrogens (tertiary/aromatic N) is 27. The molecular formula is C120H231N27. The van der Waals surface area contributed by atoms with Crippen LogP contribution < -0.4 is 0 Å². The number of rotatable bonds is 66. The molecule has 0 bridgehead atoms. The summed E-state index contributed by atoms with van der Waals surface area (Å²) in [4.78, 5) is 0. The Kier molecular flexibility index (Phi) is 79.2. The van der Waals surface area contributed by atoms with E-state index in [1.54, 1.807) is 0 Å². The van der Waals surface area contributed by atoms with Crippen molar-refractivity contribution in [3.63, 3.8) is 0 Å². The summed E-state index contributed by atoms with van der Waals surface area (Å²) in [6.07, 6.45) is 65.7. The van der Waals surface area contributed by atoms with Crippen LogP contribution in [0.25, 0.3) is 0 Å². The zero-order chi connectivity index (χ0) is 110. The summed E-state index contributed by atoms with van der Waals surface area (Å²) >= 11 is 0. The van der Waals surface area contributed by atoms with Crippen LogP contribution in [-0.2, 0) is 117 Å². The number of hydrogen-bond acceptors (Lipinski definition) is 18. The highest BCUT2D eigenvalue weighted by atomic mass is 15.5. The summed E-state index contributed by atoms with van der Waals surface area (Å²) in [5.41, 5.74) is 11.0. The summed E-state index contributed by atoms with van der Waals surface area (Å²) in [7, 11) is 0. The average molecular weight is 2050 g/mol. The van der Waals surface area contributed by atoms with E-state index in [4.69, 9.17) is 0 Å². The third-order valence-electron chi connectivity index (χ3n) is 25.3. The molecule has 9 rings (SSSR count). The van der Waals surface area contributed by atoms with Crippen molar-refractivity contribution < 1.29 is 0 Å². The molecule has 0 unspecified atom stereocenters. The molecule has 0 aromatic carbocycles. The van der Waals surface area contributed by atoms with E-state index in [0.717, 1.165) is 222 Å². The van der Waals surface area contributed by atoms with E-state index in [1.807, 2.05) is 49.7 Å². The largest absolute Gasteiger partial charge is 0.252 e. The van der Waals surface area contributed by atoms with E-state index in [1.165, 1.54) is 221 Å². The maximum absolute atomic E-state index is 4.20. The molecule has 0 fully saturated rings. The van der Waals surface area contributed by atoms with Crippen LogP contribution in [0.1, 0.15) is 493 Å². The molecule has 0 spiro atoms. The van der Waals surface area contributed by atoms with Crippen LogP contribution in [-0.4, -0.2) is 135 Å². The average Bonchev–Trinajstić information content (AvgIpc) is 1.77. The van der Waals surface area contributed by atoms with Crippen LogP contribution in [0, 0.1) is 107 Å². The first-order valence-corrected chi connectivity index (χ1v) is 59.7. The van der Waals surface area contributed by atoms with Gasteiger partial charge in [-0.2, -0.15) is 0 Å². The summed E-state index contributed by atoms with van der Waals surface area (Å²) < 4.78 is 18.3. The lowest BCUT2D eigenvalue weighted by atomic mass is 10.0. The summed E-state index contributed by atoms with van der Waals surface area (Å²) in [6.45, 7) is 90.2. The predicted molar refractivity (Wildman–Crippen MR) is 619 cm³/mol. The Hall–Kier alpha value is -7.74. The van der Waals surface area contributed by atoms with Gasteiger partial charge in [-0.25, -0.2) is 23.4 Å². The van der Waals surface area contributed by atoms with Crippen LogP contribution >= 0.6 is 0 Å². The molecule has 0 radical (unpaired) electrons. The first kappa shape index (κ1) is 137. The minimum Gasteiger partial charge on any atom is -0.252 e. The lowest BCUT2D eigenvalue weighted by Gasteiger charge is -2.08. The Balaban J connectivity index is 0.000000827. The second-order valence-corrected chi connectivity index (χ2v) is 50.0. The smallest absolute Gasteiger partial charge is 0.0829 e. The van der Waals surface area contributed by atoms with E-state index in [2.05, 4.69) is 390 Å². The predicted octanol–water partition coefficient (Wildman–Crippen LogP) is 30.9. The number of aromatic nitrogens is 27. The first-order chi connectivity index (χ1) is 69.8. The molecule has 9 heterocycles. The Labute approximate surface area is 901 Å². The Morgan fingerprint density at radius 2 is 0.422 bits per heavy atom. The zero-order valence-electron chi connectivity index (χ0n) is 102. The normalized spacial score (nSPS) is 11.6. The van der Waals surface area contributed by atoms with Crippen molar-refractivity contribution in [3.8, 4) is 0 Å². The Morgan fingerprint density at radius 1 is 0.163 bits per heavy atom. The van der Waals surface area contributed by atoms with Crippen molar-refractivity contribution in [2.75, 3.05) is 0 Å². The van der Waals surface area contributed by atoms with Gasteiger partial charge in [-0.15, -0.1) is 45.9 Å². The molecule has 147 heavy (non-hydrogen) atoms. The fourth-order valence-corrected chi connectivity index (χ4v) is 16.3. The summed E-state index contributed by atoms with van der Waals surface area (Å²) in [6, 6.07) is 0. The topological polar surface area (TPSA) is 276 Å². The molecule has 0 aliphatic rings. The number of hydrogen-bond donors (Lipinski definition) is 0. The van der Waals surface area contributed by atoms with Gasteiger partial charge in [0.05, 0.1) is 82.2 Å². The van der Waals surface area contributed by atoms with Gasteiger partial charge in [0.2, 0.25) is 0 Å². The van der Waals surface area contributed by atoms with E-state index in [-0.39, 0.29) is 0 Å². The van der Waals surface area contributed by atoms with Crippen molar-refractivity contribution in [2.45, 2.75) is 559 Å². The zero-order valence-corrected chi connectivity index (χ0v) is 102. The van der Waals surface area contributed by atoms with Crippen molar-refractivity contribution >= 4 is 0 Å². The quantitative estimate of drug-likeness (QED) is 0.0320. The molecule has 0 aliphatic carbocycles. The van der Waals surface area contributed by atoms with Gasteiger partial charge in [-0.3, -0.25) is 18.7 Å². The van der Waals surface area contributed by atoms with E-state index in [9.17, 15) is 0 Å². The van der Waals surface area contributed by atoms with Gasteiger partial charge in [-0.1, -0.05) is 392 Å². The molecule has 0 aliphatic heterocycles.